The molecule has 2 aromatic rings. The molecule has 0 unspecified atom stereocenters. The van der Waals surface area contributed by atoms with Crippen molar-refractivity contribution in [2.45, 2.75) is 24.8 Å². The van der Waals surface area contributed by atoms with E-state index in [0.717, 1.165) is 5.56 Å². The van der Waals surface area contributed by atoms with E-state index in [1.807, 2.05) is 6.92 Å². The predicted molar refractivity (Wildman–Crippen MR) is 81.6 cm³/mol. The molecule has 1 heterocycles. The third-order valence-corrected chi connectivity index (χ3v) is 4.41. The molecule has 1 aromatic heterocycles. The van der Waals surface area contributed by atoms with Gasteiger partial charge in [-0.1, -0.05) is 17.7 Å². The van der Waals surface area contributed by atoms with E-state index < -0.39 is 22.0 Å². The Hall–Kier alpha value is -2.32. The van der Waals surface area contributed by atoms with E-state index in [0.29, 0.717) is 0 Å². The van der Waals surface area contributed by atoms with Crippen LogP contribution in [0.4, 0.5) is 5.95 Å². The molecule has 1 atom stereocenters. The lowest BCUT2D eigenvalue weighted by Crippen LogP contribution is -2.41. The molecule has 0 fully saturated rings. The molecule has 0 aliphatic rings. The Bertz CT molecular complexity index is 745. The SMILES string of the molecule is Cc1ccc(S(=O)(=O)N[C@@H](C)C(=O)Nc2ncccn2)cc1. The van der Waals surface area contributed by atoms with Crippen molar-refractivity contribution >= 4 is 21.9 Å². The maximum Gasteiger partial charge on any atom is 0.244 e. The van der Waals surface area contributed by atoms with Gasteiger partial charge in [0.1, 0.15) is 0 Å². The summed E-state index contributed by atoms with van der Waals surface area (Å²) in [5, 5.41) is 2.44. The zero-order valence-electron chi connectivity index (χ0n) is 12.1. The number of anilines is 1. The van der Waals surface area contributed by atoms with Crippen LogP contribution in [0, 0.1) is 6.92 Å². The van der Waals surface area contributed by atoms with E-state index in [1.165, 1.54) is 31.5 Å². The quantitative estimate of drug-likeness (QED) is 0.859. The number of aromatic nitrogens is 2. The maximum atomic E-state index is 12.2. The number of nitrogens with one attached hydrogen (secondary N) is 2. The van der Waals surface area contributed by atoms with Gasteiger partial charge in [-0.2, -0.15) is 4.72 Å². The normalized spacial score (nSPS) is 12.6. The molecule has 1 aromatic carbocycles. The number of rotatable bonds is 5. The summed E-state index contributed by atoms with van der Waals surface area (Å²) in [5.74, 6) is -0.421. The molecule has 7 nitrogen and oxygen atoms in total. The lowest BCUT2D eigenvalue weighted by atomic mass is 10.2. The van der Waals surface area contributed by atoms with E-state index in [1.54, 1.807) is 18.2 Å². The van der Waals surface area contributed by atoms with Crippen LogP contribution >= 0.6 is 0 Å². The van der Waals surface area contributed by atoms with Gasteiger partial charge in [-0.3, -0.25) is 10.1 Å². The molecule has 0 spiro atoms. The fourth-order valence-corrected chi connectivity index (χ4v) is 2.86. The minimum Gasteiger partial charge on any atom is -0.293 e. The van der Waals surface area contributed by atoms with Gasteiger partial charge in [-0.15, -0.1) is 0 Å². The Morgan fingerprint density at radius 2 is 1.73 bits per heavy atom. The van der Waals surface area contributed by atoms with Gasteiger partial charge in [0.05, 0.1) is 10.9 Å². The lowest BCUT2D eigenvalue weighted by Gasteiger charge is -2.13. The second-order valence-corrected chi connectivity index (χ2v) is 6.43. The van der Waals surface area contributed by atoms with E-state index in [2.05, 4.69) is 20.0 Å². The van der Waals surface area contributed by atoms with Gasteiger partial charge in [0.25, 0.3) is 0 Å². The first-order valence-electron chi connectivity index (χ1n) is 6.55. The van der Waals surface area contributed by atoms with Gasteiger partial charge in [0, 0.05) is 12.4 Å². The first-order valence-corrected chi connectivity index (χ1v) is 8.04. The minimum absolute atomic E-state index is 0.105. The van der Waals surface area contributed by atoms with Crippen LogP contribution in [0.3, 0.4) is 0 Å². The number of amides is 1. The van der Waals surface area contributed by atoms with Crippen LogP contribution in [0.15, 0.2) is 47.6 Å². The van der Waals surface area contributed by atoms with E-state index in [-0.39, 0.29) is 10.8 Å². The summed E-state index contributed by atoms with van der Waals surface area (Å²) in [4.78, 5) is 19.8. The number of sulfonamides is 1. The third kappa shape index (κ3) is 4.09. The first-order chi connectivity index (χ1) is 10.4. The second-order valence-electron chi connectivity index (χ2n) is 4.72. The smallest absolute Gasteiger partial charge is 0.244 e. The molecule has 0 aliphatic carbocycles. The number of nitrogens with zero attached hydrogens (tertiary/aromatic N) is 2. The Labute approximate surface area is 128 Å². The van der Waals surface area contributed by atoms with Gasteiger partial charge in [0.15, 0.2) is 0 Å². The third-order valence-electron chi connectivity index (χ3n) is 2.86. The van der Waals surface area contributed by atoms with Crippen molar-refractivity contribution in [2.24, 2.45) is 0 Å². The standard InChI is InChI=1S/C14H16N4O3S/c1-10-4-6-12(7-5-10)22(20,21)18-11(2)13(19)17-14-15-8-3-9-16-14/h3-9,11,18H,1-2H3,(H,15,16,17,19)/t11-/m0/s1. The average molecular weight is 320 g/mol. The van der Waals surface area contributed by atoms with Gasteiger partial charge in [-0.25, -0.2) is 18.4 Å². The molecule has 2 N–H and O–H groups in total. The van der Waals surface area contributed by atoms with Gasteiger partial charge in [0.2, 0.25) is 21.9 Å². The van der Waals surface area contributed by atoms with Crippen molar-refractivity contribution in [3.8, 4) is 0 Å². The molecule has 0 radical (unpaired) electrons. The number of carbonyl (C=O) groups is 1. The number of hydrogen-bond acceptors (Lipinski definition) is 5. The second kappa shape index (κ2) is 6.63. The van der Waals surface area contributed by atoms with Crippen molar-refractivity contribution < 1.29 is 13.2 Å². The highest BCUT2D eigenvalue weighted by atomic mass is 32.2. The molecule has 1 amide bonds. The van der Waals surface area contributed by atoms with Crippen molar-refractivity contribution in [1.82, 2.24) is 14.7 Å². The van der Waals surface area contributed by atoms with Crippen LogP contribution in [-0.4, -0.2) is 30.3 Å². The Morgan fingerprint density at radius 3 is 2.32 bits per heavy atom. The summed E-state index contributed by atoms with van der Waals surface area (Å²) in [5.41, 5.74) is 0.950. The molecule has 8 heteroatoms. The van der Waals surface area contributed by atoms with Crippen molar-refractivity contribution in [3.05, 3.63) is 48.3 Å². The van der Waals surface area contributed by atoms with Crippen LogP contribution < -0.4 is 10.0 Å². The highest BCUT2D eigenvalue weighted by Crippen LogP contribution is 2.10. The Balaban J connectivity index is 2.05. The molecule has 22 heavy (non-hydrogen) atoms. The molecule has 0 saturated heterocycles. The summed E-state index contributed by atoms with van der Waals surface area (Å²) >= 11 is 0. The van der Waals surface area contributed by atoms with Crippen molar-refractivity contribution in [3.63, 3.8) is 0 Å². The summed E-state index contributed by atoms with van der Waals surface area (Å²) < 4.78 is 26.7. The fourth-order valence-electron chi connectivity index (χ4n) is 1.65. The van der Waals surface area contributed by atoms with Crippen LogP contribution in [0.2, 0.25) is 0 Å². The highest BCUT2D eigenvalue weighted by molar-refractivity contribution is 7.89. The van der Waals surface area contributed by atoms with Crippen molar-refractivity contribution in [1.29, 1.82) is 0 Å². The first kappa shape index (κ1) is 16.1. The van der Waals surface area contributed by atoms with Crippen LogP contribution in [-0.2, 0) is 14.8 Å². The Morgan fingerprint density at radius 1 is 1.14 bits per heavy atom. The average Bonchev–Trinajstić information content (AvgIpc) is 2.48. The topological polar surface area (TPSA) is 101 Å². The van der Waals surface area contributed by atoms with E-state index >= 15 is 0 Å². The molecule has 0 aliphatic heterocycles. The summed E-state index contributed by atoms with van der Waals surface area (Å²) in [6, 6.07) is 7.01. The van der Waals surface area contributed by atoms with Gasteiger partial charge in [-0.05, 0) is 32.0 Å². The molecule has 0 bridgehead atoms. The van der Waals surface area contributed by atoms with Gasteiger partial charge >= 0.3 is 0 Å². The van der Waals surface area contributed by atoms with E-state index in [9.17, 15) is 13.2 Å². The summed E-state index contributed by atoms with van der Waals surface area (Å²) in [7, 11) is -3.77. The summed E-state index contributed by atoms with van der Waals surface area (Å²) in [6.07, 6.45) is 2.95. The number of hydrogen-bond donors (Lipinski definition) is 2. The monoisotopic (exact) mass is 320 g/mol. The van der Waals surface area contributed by atoms with Crippen molar-refractivity contribution in [2.75, 3.05) is 5.32 Å². The predicted octanol–water partition coefficient (Wildman–Crippen LogP) is 1.09. The Kier molecular flexibility index (Phi) is 4.84. The molecule has 0 saturated carbocycles. The van der Waals surface area contributed by atoms with Gasteiger partial charge < -0.3 is 0 Å². The zero-order valence-corrected chi connectivity index (χ0v) is 13.0. The number of aryl methyl sites for hydroxylation is 1. The molecule has 2 rings (SSSR count). The highest BCUT2D eigenvalue weighted by Gasteiger charge is 2.22. The molecule has 116 valence electrons. The molecular weight excluding hydrogens is 304 g/mol. The van der Waals surface area contributed by atoms with Crippen LogP contribution in [0.25, 0.3) is 0 Å². The minimum atomic E-state index is -3.77. The largest absolute Gasteiger partial charge is 0.293 e. The molecular formula is C14H16N4O3S. The fraction of sp³-hybridized carbons (Fsp3) is 0.214. The zero-order chi connectivity index (χ0) is 16.2. The van der Waals surface area contributed by atoms with Crippen LogP contribution in [0.5, 0.6) is 0 Å². The summed E-state index contributed by atoms with van der Waals surface area (Å²) in [6.45, 7) is 3.31. The lowest BCUT2D eigenvalue weighted by molar-refractivity contribution is -0.117. The maximum absolute atomic E-state index is 12.2. The number of benzene rings is 1. The van der Waals surface area contributed by atoms with E-state index in [4.69, 9.17) is 0 Å². The number of carbonyl (C=O) groups excluding carboxylic acids is 1. The van der Waals surface area contributed by atoms with Crippen LogP contribution in [0.1, 0.15) is 12.5 Å².